The zero-order valence-corrected chi connectivity index (χ0v) is 7.72. The molecule has 1 aliphatic heterocycles. The molecule has 2 heteroatoms. The molecule has 0 aromatic rings. The van der Waals surface area contributed by atoms with Crippen molar-refractivity contribution in [3.05, 3.63) is 19.6 Å². The summed E-state index contributed by atoms with van der Waals surface area (Å²) >= 11 is 4.09. The summed E-state index contributed by atoms with van der Waals surface area (Å²) < 4.78 is 0.734. The number of allylic oxidation sites excluding steroid dienone is 1. The Hall–Kier alpha value is 0.440. The van der Waals surface area contributed by atoms with Gasteiger partial charge in [0.05, 0.1) is 4.58 Å². The molecular formula is C8H13S2. The fourth-order valence-electron chi connectivity index (χ4n) is 0.974. The molecule has 1 fully saturated rings. The molecule has 0 bridgehead atoms. The second-order valence-corrected chi connectivity index (χ2v) is 5.19. The molecule has 1 heterocycles. The van der Waals surface area contributed by atoms with E-state index in [0.29, 0.717) is 5.92 Å². The first-order chi connectivity index (χ1) is 4.84. The van der Waals surface area contributed by atoms with Crippen LogP contribution in [0, 0.1) is 12.8 Å². The number of rotatable bonds is 3. The van der Waals surface area contributed by atoms with Gasteiger partial charge in [0.1, 0.15) is 0 Å². The highest BCUT2D eigenvalue weighted by Gasteiger charge is 2.21. The van der Waals surface area contributed by atoms with Crippen LogP contribution in [0.1, 0.15) is 6.42 Å². The summed E-state index contributed by atoms with van der Waals surface area (Å²) in [6, 6.07) is 0. The van der Waals surface area contributed by atoms with Crippen molar-refractivity contribution in [2.45, 2.75) is 11.0 Å². The normalized spacial score (nSPS) is 22.9. The Bertz CT molecular complexity index is 106. The molecule has 1 rings (SSSR count). The summed E-state index contributed by atoms with van der Waals surface area (Å²) in [5.41, 5.74) is 0. The van der Waals surface area contributed by atoms with Crippen LogP contribution in [-0.4, -0.2) is 16.1 Å². The van der Waals surface area contributed by atoms with Crippen molar-refractivity contribution in [1.29, 1.82) is 0 Å². The first kappa shape index (κ1) is 8.54. The summed E-state index contributed by atoms with van der Waals surface area (Å²) in [5.74, 6) is 3.17. The summed E-state index contributed by atoms with van der Waals surface area (Å²) in [4.78, 5) is 0. The molecule has 0 nitrogen and oxygen atoms in total. The predicted molar refractivity (Wildman–Crippen MR) is 52.4 cm³/mol. The van der Waals surface area contributed by atoms with Gasteiger partial charge in [0, 0.05) is 11.5 Å². The van der Waals surface area contributed by atoms with E-state index in [-0.39, 0.29) is 0 Å². The SMILES string of the molecule is [CH2]C(CC=C)C1SCCS1. The standard InChI is InChI=1S/C8H13S2/c1-3-4-7(2)8-9-5-6-10-8/h3,7-8H,1-2,4-6H2. The maximum atomic E-state index is 4.10. The largest absolute Gasteiger partial charge is 0.146 e. The van der Waals surface area contributed by atoms with Gasteiger partial charge < -0.3 is 0 Å². The van der Waals surface area contributed by atoms with Crippen molar-refractivity contribution < 1.29 is 0 Å². The van der Waals surface area contributed by atoms with Crippen molar-refractivity contribution in [1.82, 2.24) is 0 Å². The van der Waals surface area contributed by atoms with Crippen molar-refractivity contribution in [2.24, 2.45) is 5.92 Å². The van der Waals surface area contributed by atoms with Gasteiger partial charge in [0.2, 0.25) is 0 Å². The van der Waals surface area contributed by atoms with E-state index < -0.39 is 0 Å². The van der Waals surface area contributed by atoms with E-state index in [9.17, 15) is 0 Å². The lowest BCUT2D eigenvalue weighted by atomic mass is 10.1. The molecule has 0 amide bonds. The lowest BCUT2D eigenvalue weighted by molar-refractivity contribution is 0.729. The third-order valence-electron chi connectivity index (χ3n) is 1.50. The Labute approximate surface area is 71.8 Å². The smallest absolute Gasteiger partial charge is 0.0534 e. The molecule has 1 radical (unpaired) electrons. The van der Waals surface area contributed by atoms with E-state index in [2.05, 4.69) is 13.5 Å². The first-order valence-electron chi connectivity index (χ1n) is 3.52. The minimum Gasteiger partial charge on any atom is -0.146 e. The van der Waals surface area contributed by atoms with Crippen molar-refractivity contribution in [3.8, 4) is 0 Å². The minimum absolute atomic E-state index is 0.565. The molecule has 1 atom stereocenters. The molecule has 57 valence electrons. The van der Waals surface area contributed by atoms with Crippen LogP contribution < -0.4 is 0 Å². The van der Waals surface area contributed by atoms with Crippen LogP contribution in [-0.2, 0) is 0 Å². The van der Waals surface area contributed by atoms with E-state index in [1.807, 2.05) is 29.6 Å². The maximum absolute atomic E-state index is 4.10. The molecule has 0 spiro atoms. The Kier molecular flexibility index (Phi) is 3.71. The third kappa shape index (κ3) is 2.24. The molecule has 0 aliphatic carbocycles. The van der Waals surface area contributed by atoms with Gasteiger partial charge in [-0.25, -0.2) is 0 Å². The van der Waals surface area contributed by atoms with E-state index >= 15 is 0 Å². The quantitative estimate of drug-likeness (QED) is 0.602. The second kappa shape index (κ2) is 4.35. The van der Waals surface area contributed by atoms with E-state index in [0.717, 1.165) is 11.0 Å². The molecule has 0 aromatic heterocycles. The molecule has 1 aliphatic rings. The monoisotopic (exact) mass is 173 g/mol. The maximum Gasteiger partial charge on any atom is 0.0534 e. The van der Waals surface area contributed by atoms with Crippen LogP contribution in [0.3, 0.4) is 0 Å². The fraction of sp³-hybridized carbons (Fsp3) is 0.625. The third-order valence-corrected chi connectivity index (χ3v) is 4.88. The Morgan fingerprint density at radius 2 is 2.10 bits per heavy atom. The predicted octanol–water partition coefficient (Wildman–Crippen LogP) is 2.82. The summed E-state index contributed by atoms with van der Waals surface area (Å²) in [5, 5.41) is 0. The van der Waals surface area contributed by atoms with Gasteiger partial charge in [-0.3, -0.25) is 0 Å². The number of hydrogen-bond acceptors (Lipinski definition) is 2. The van der Waals surface area contributed by atoms with Crippen molar-refractivity contribution in [2.75, 3.05) is 11.5 Å². The van der Waals surface area contributed by atoms with Gasteiger partial charge in [-0.2, -0.15) is 0 Å². The van der Waals surface area contributed by atoms with Crippen molar-refractivity contribution >= 4 is 23.5 Å². The fourth-order valence-corrected chi connectivity index (χ4v) is 3.94. The number of thioether (sulfide) groups is 2. The molecule has 0 aromatic carbocycles. The number of hydrogen-bond donors (Lipinski definition) is 0. The lowest BCUT2D eigenvalue weighted by Crippen LogP contribution is -2.05. The Morgan fingerprint density at radius 3 is 2.60 bits per heavy atom. The summed E-state index contributed by atoms with van der Waals surface area (Å²) in [6.07, 6.45) is 3.03. The van der Waals surface area contributed by atoms with Crippen LogP contribution in [0.5, 0.6) is 0 Å². The van der Waals surface area contributed by atoms with Crippen LogP contribution in [0.25, 0.3) is 0 Å². The summed E-state index contributed by atoms with van der Waals surface area (Å²) in [7, 11) is 0. The first-order valence-corrected chi connectivity index (χ1v) is 5.61. The van der Waals surface area contributed by atoms with Gasteiger partial charge in [0.25, 0.3) is 0 Å². The topological polar surface area (TPSA) is 0 Å². The van der Waals surface area contributed by atoms with Gasteiger partial charge >= 0.3 is 0 Å². The zero-order chi connectivity index (χ0) is 7.40. The van der Waals surface area contributed by atoms with Crippen molar-refractivity contribution in [3.63, 3.8) is 0 Å². The second-order valence-electron chi connectivity index (χ2n) is 2.39. The minimum atomic E-state index is 0.565. The molecule has 0 N–H and O–H groups in total. The highest BCUT2D eigenvalue weighted by atomic mass is 32.2. The highest BCUT2D eigenvalue weighted by Crippen LogP contribution is 2.38. The van der Waals surface area contributed by atoms with Gasteiger partial charge in [-0.1, -0.05) is 6.08 Å². The van der Waals surface area contributed by atoms with Gasteiger partial charge in [-0.05, 0) is 19.3 Å². The average Bonchev–Trinajstić information content (AvgIpc) is 2.38. The zero-order valence-electron chi connectivity index (χ0n) is 6.08. The molecular weight excluding hydrogens is 160 g/mol. The van der Waals surface area contributed by atoms with Gasteiger partial charge in [0.15, 0.2) is 0 Å². The van der Waals surface area contributed by atoms with Gasteiger partial charge in [-0.15, -0.1) is 30.1 Å². The average molecular weight is 173 g/mol. The van der Waals surface area contributed by atoms with E-state index in [1.165, 1.54) is 11.5 Å². The Balaban J connectivity index is 2.24. The molecule has 1 saturated heterocycles. The Morgan fingerprint density at radius 1 is 1.50 bits per heavy atom. The molecule has 10 heavy (non-hydrogen) atoms. The highest BCUT2D eigenvalue weighted by molar-refractivity contribution is 8.20. The van der Waals surface area contributed by atoms with Crippen LogP contribution in [0.15, 0.2) is 12.7 Å². The van der Waals surface area contributed by atoms with Crippen LogP contribution >= 0.6 is 23.5 Å². The molecule has 0 saturated carbocycles. The van der Waals surface area contributed by atoms with Crippen LogP contribution in [0.2, 0.25) is 0 Å². The van der Waals surface area contributed by atoms with E-state index in [4.69, 9.17) is 0 Å². The lowest BCUT2D eigenvalue weighted by Gasteiger charge is -2.14. The van der Waals surface area contributed by atoms with E-state index in [1.54, 1.807) is 0 Å². The summed E-state index contributed by atoms with van der Waals surface area (Å²) in [6.45, 7) is 7.81. The van der Waals surface area contributed by atoms with Crippen LogP contribution in [0.4, 0.5) is 0 Å². The molecule has 1 unspecified atom stereocenters.